The van der Waals surface area contributed by atoms with E-state index in [1.807, 2.05) is 37.3 Å². The molecule has 0 bridgehead atoms. The van der Waals surface area contributed by atoms with E-state index in [1.165, 1.54) is 0 Å². The molecule has 0 radical (unpaired) electrons. The normalized spacial score (nSPS) is 12.1. The van der Waals surface area contributed by atoms with Gasteiger partial charge in [-0.05, 0) is 18.6 Å². The van der Waals surface area contributed by atoms with Gasteiger partial charge in [0.25, 0.3) is 0 Å². The van der Waals surface area contributed by atoms with Crippen molar-refractivity contribution in [2.45, 2.75) is 32.3 Å². The molecule has 0 saturated heterocycles. The van der Waals surface area contributed by atoms with Crippen LogP contribution in [-0.4, -0.2) is 30.4 Å². The Morgan fingerprint density at radius 2 is 2.00 bits per heavy atom. The van der Waals surface area contributed by atoms with Crippen molar-refractivity contribution in [2.75, 3.05) is 13.2 Å². The number of unbranched alkanes of at least 4 members (excludes halogenated alkanes) is 1. The molecule has 100 valence electrons. The summed E-state index contributed by atoms with van der Waals surface area (Å²) < 4.78 is 10.7. The van der Waals surface area contributed by atoms with E-state index >= 15 is 0 Å². The minimum absolute atomic E-state index is 0.287. The second-order valence-corrected chi connectivity index (χ2v) is 4.00. The molecular weight excluding hydrogens is 232 g/mol. The summed E-state index contributed by atoms with van der Waals surface area (Å²) in [5.41, 5.74) is 0. The van der Waals surface area contributed by atoms with Gasteiger partial charge in [0, 0.05) is 0 Å². The number of para-hydroxylation sites is 1. The largest absolute Gasteiger partial charge is 0.491 e. The number of hydrogen-bond acceptors (Lipinski definition) is 3. The van der Waals surface area contributed by atoms with Crippen molar-refractivity contribution in [1.82, 2.24) is 0 Å². The number of benzene rings is 1. The van der Waals surface area contributed by atoms with E-state index in [9.17, 15) is 4.79 Å². The van der Waals surface area contributed by atoms with Crippen molar-refractivity contribution < 1.29 is 19.4 Å². The first kappa shape index (κ1) is 14.5. The number of carboxylic acids is 1. The summed E-state index contributed by atoms with van der Waals surface area (Å²) in [6.07, 6.45) is 1.66. The molecule has 4 heteroatoms. The Bertz CT molecular complexity index is 337. The van der Waals surface area contributed by atoms with Crippen LogP contribution in [0.25, 0.3) is 0 Å². The molecule has 1 atom stereocenters. The van der Waals surface area contributed by atoms with Crippen LogP contribution >= 0.6 is 0 Å². The zero-order chi connectivity index (χ0) is 13.2. The molecule has 1 rings (SSSR count). The molecule has 1 aromatic rings. The monoisotopic (exact) mass is 252 g/mol. The van der Waals surface area contributed by atoms with Crippen LogP contribution in [0.4, 0.5) is 0 Å². The number of aliphatic carboxylic acids is 1. The molecule has 0 amide bonds. The van der Waals surface area contributed by atoms with Crippen molar-refractivity contribution in [3.05, 3.63) is 30.3 Å². The summed E-state index contributed by atoms with van der Waals surface area (Å²) in [5, 5.41) is 8.95. The van der Waals surface area contributed by atoms with Crippen LogP contribution in [0.3, 0.4) is 0 Å². The number of ether oxygens (including phenoxy) is 2. The summed E-state index contributed by atoms with van der Waals surface area (Å²) >= 11 is 0. The highest BCUT2D eigenvalue weighted by molar-refractivity contribution is 5.72. The molecule has 0 fully saturated rings. The third kappa shape index (κ3) is 5.68. The lowest BCUT2D eigenvalue weighted by molar-refractivity contribution is -0.151. The zero-order valence-corrected chi connectivity index (χ0v) is 10.7. The molecule has 18 heavy (non-hydrogen) atoms. The van der Waals surface area contributed by atoms with Gasteiger partial charge in [-0.25, -0.2) is 4.79 Å². The fraction of sp³-hybridized carbons (Fsp3) is 0.500. The van der Waals surface area contributed by atoms with Crippen molar-refractivity contribution in [1.29, 1.82) is 0 Å². The number of hydrogen-bond donors (Lipinski definition) is 1. The topological polar surface area (TPSA) is 55.8 Å². The summed E-state index contributed by atoms with van der Waals surface area (Å²) in [6, 6.07) is 9.39. The van der Waals surface area contributed by atoms with Crippen molar-refractivity contribution in [2.24, 2.45) is 0 Å². The van der Waals surface area contributed by atoms with E-state index in [1.54, 1.807) is 0 Å². The van der Waals surface area contributed by atoms with Crippen LogP contribution in [0.5, 0.6) is 5.75 Å². The second-order valence-electron chi connectivity index (χ2n) is 4.00. The fourth-order valence-electron chi connectivity index (χ4n) is 1.53. The van der Waals surface area contributed by atoms with E-state index in [0.29, 0.717) is 13.0 Å². The molecule has 0 saturated carbocycles. The number of carboxylic acid groups (broad SMARTS) is 1. The average Bonchev–Trinajstić information content (AvgIpc) is 2.38. The van der Waals surface area contributed by atoms with Crippen molar-refractivity contribution in [3.8, 4) is 5.75 Å². The van der Waals surface area contributed by atoms with E-state index in [2.05, 4.69) is 0 Å². The lowest BCUT2D eigenvalue weighted by atomic mass is 10.1. The highest BCUT2D eigenvalue weighted by Gasteiger charge is 2.16. The molecule has 0 aliphatic heterocycles. The maximum absolute atomic E-state index is 10.9. The minimum Gasteiger partial charge on any atom is -0.491 e. The fourth-order valence-corrected chi connectivity index (χ4v) is 1.53. The van der Waals surface area contributed by atoms with E-state index < -0.39 is 12.1 Å². The van der Waals surface area contributed by atoms with Gasteiger partial charge < -0.3 is 14.6 Å². The van der Waals surface area contributed by atoms with Crippen LogP contribution in [0.1, 0.15) is 26.2 Å². The van der Waals surface area contributed by atoms with Crippen molar-refractivity contribution in [3.63, 3.8) is 0 Å². The van der Waals surface area contributed by atoms with Gasteiger partial charge in [0.1, 0.15) is 12.4 Å². The highest BCUT2D eigenvalue weighted by atomic mass is 16.5. The molecule has 0 aromatic heterocycles. The van der Waals surface area contributed by atoms with Crippen LogP contribution in [0, 0.1) is 0 Å². The first-order valence-electron chi connectivity index (χ1n) is 6.26. The average molecular weight is 252 g/mol. The summed E-state index contributed by atoms with van der Waals surface area (Å²) in [4.78, 5) is 10.9. The number of rotatable bonds is 9. The summed E-state index contributed by atoms with van der Waals surface area (Å²) in [6.45, 7) is 2.67. The van der Waals surface area contributed by atoms with Gasteiger partial charge in [0.05, 0.1) is 6.61 Å². The Morgan fingerprint density at radius 3 is 2.61 bits per heavy atom. The maximum Gasteiger partial charge on any atom is 0.332 e. The smallest absolute Gasteiger partial charge is 0.332 e. The van der Waals surface area contributed by atoms with E-state index in [-0.39, 0.29) is 6.61 Å². The Balaban J connectivity index is 2.20. The summed E-state index contributed by atoms with van der Waals surface area (Å²) in [5.74, 6) is -0.135. The van der Waals surface area contributed by atoms with Gasteiger partial charge in [-0.15, -0.1) is 0 Å². The molecule has 0 aliphatic rings. The first-order chi connectivity index (χ1) is 8.74. The minimum atomic E-state index is -0.900. The Morgan fingerprint density at radius 1 is 1.28 bits per heavy atom. The predicted octanol–water partition coefficient (Wildman–Crippen LogP) is 2.73. The molecule has 1 N–H and O–H groups in total. The van der Waals surface area contributed by atoms with Gasteiger partial charge in [-0.1, -0.05) is 38.0 Å². The van der Waals surface area contributed by atoms with Crippen LogP contribution < -0.4 is 4.74 Å². The SMILES string of the molecule is CCCCC(OCCOc1ccccc1)C(=O)O. The standard InChI is InChI=1S/C14H20O4/c1-2-3-9-13(14(15)16)18-11-10-17-12-7-5-4-6-8-12/h4-8,13H,2-3,9-11H2,1H3,(H,15,16). The van der Waals surface area contributed by atoms with Crippen LogP contribution in [-0.2, 0) is 9.53 Å². The lowest BCUT2D eigenvalue weighted by Crippen LogP contribution is -2.26. The molecule has 1 aromatic carbocycles. The maximum atomic E-state index is 10.9. The van der Waals surface area contributed by atoms with Crippen LogP contribution in [0.2, 0.25) is 0 Å². The molecule has 0 heterocycles. The third-order valence-corrected chi connectivity index (χ3v) is 2.51. The third-order valence-electron chi connectivity index (χ3n) is 2.51. The molecular formula is C14H20O4. The second kappa shape index (κ2) is 8.53. The molecule has 0 aliphatic carbocycles. The van der Waals surface area contributed by atoms with Crippen molar-refractivity contribution >= 4 is 5.97 Å². The van der Waals surface area contributed by atoms with E-state index in [0.717, 1.165) is 18.6 Å². The lowest BCUT2D eigenvalue weighted by Gasteiger charge is -2.13. The molecule has 4 nitrogen and oxygen atoms in total. The Kier molecular flexibility index (Phi) is 6.87. The molecule has 0 spiro atoms. The highest BCUT2D eigenvalue weighted by Crippen LogP contribution is 2.09. The van der Waals surface area contributed by atoms with Gasteiger partial charge >= 0.3 is 5.97 Å². The van der Waals surface area contributed by atoms with Gasteiger partial charge in [-0.2, -0.15) is 0 Å². The van der Waals surface area contributed by atoms with Gasteiger partial charge in [0.15, 0.2) is 6.10 Å². The Hall–Kier alpha value is -1.55. The summed E-state index contributed by atoms with van der Waals surface area (Å²) in [7, 11) is 0. The van der Waals surface area contributed by atoms with Gasteiger partial charge in [0.2, 0.25) is 0 Å². The zero-order valence-electron chi connectivity index (χ0n) is 10.7. The van der Waals surface area contributed by atoms with Crippen LogP contribution in [0.15, 0.2) is 30.3 Å². The van der Waals surface area contributed by atoms with Gasteiger partial charge in [-0.3, -0.25) is 0 Å². The number of carbonyl (C=O) groups is 1. The quantitative estimate of drug-likeness (QED) is 0.686. The predicted molar refractivity (Wildman–Crippen MR) is 68.8 cm³/mol. The molecule has 1 unspecified atom stereocenters. The first-order valence-corrected chi connectivity index (χ1v) is 6.26. The Labute approximate surface area is 108 Å². The van der Waals surface area contributed by atoms with E-state index in [4.69, 9.17) is 14.6 Å².